The van der Waals surface area contributed by atoms with Crippen molar-refractivity contribution in [2.24, 2.45) is 7.05 Å². The zero-order chi connectivity index (χ0) is 19.1. The Labute approximate surface area is 144 Å². The van der Waals surface area contributed by atoms with Crippen molar-refractivity contribution >= 4 is 0 Å². The van der Waals surface area contributed by atoms with Gasteiger partial charge >= 0.3 is 12.4 Å². The van der Waals surface area contributed by atoms with E-state index in [-0.39, 0.29) is 11.8 Å². The van der Waals surface area contributed by atoms with E-state index in [0.29, 0.717) is 18.8 Å². The molecule has 0 N–H and O–H groups in total. The van der Waals surface area contributed by atoms with Crippen LogP contribution in [0.15, 0.2) is 55.6 Å². The van der Waals surface area contributed by atoms with Gasteiger partial charge in [-0.25, -0.2) is 9.13 Å². The summed E-state index contributed by atoms with van der Waals surface area (Å²) in [5.74, 6) is 0. The van der Waals surface area contributed by atoms with Crippen LogP contribution in [0.3, 0.4) is 0 Å². The molecule has 1 aromatic carbocycles. The molecule has 0 spiro atoms. The zero-order valence-corrected chi connectivity index (χ0v) is 13.5. The summed E-state index contributed by atoms with van der Waals surface area (Å²) in [7, 11) is 1.83. The van der Waals surface area contributed by atoms with Crippen LogP contribution in [-0.2, 0) is 26.1 Å². The summed E-state index contributed by atoms with van der Waals surface area (Å²) in [6, 6.07) is 1.49. The van der Waals surface area contributed by atoms with Gasteiger partial charge in [0, 0.05) is 0 Å². The van der Waals surface area contributed by atoms with Crippen molar-refractivity contribution < 1.29 is 35.5 Å². The third kappa shape index (κ3) is 3.89. The standard InChI is InChI=1S/C16H14F6N4/c1-23-2-3-24(9-23)10-25-4-5-26(11-25)14-7-12(15(17,18)19)6-13(8-14)16(20,21)22/h2-9,11H,10H2,1H3/q+2. The van der Waals surface area contributed by atoms with E-state index in [4.69, 9.17) is 0 Å². The van der Waals surface area contributed by atoms with Crippen LogP contribution in [-0.4, -0.2) is 9.13 Å². The lowest BCUT2D eigenvalue weighted by Crippen LogP contribution is -2.35. The lowest BCUT2D eigenvalue weighted by atomic mass is 10.1. The second-order valence-corrected chi connectivity index (χ2v) is 5.83. The van der Waals surface area contributed by atoms with Crippen molar-refractivity contribution in [2.45, 2.75) is 19.0 Å². The molecule has 0 unspecified atom stereocenters. The Hall–Kier alpha value is -2.78. The fourth-order valence-corrected chi connectivity index (χ4v) is 2.49. The topological polar surface area (TPSA) is 17.6 Å². The first-order valence-corrected chi connectivity index (χ1v) is 7.40. The van der Waals surface area contributed by atoms with E-state index in [2.05, 4.69) is 0 Å². The third-order valence-corrected chi connectivity index (χ3v) is 3.71. The Bertz CT molecular complexity index is 887. The number of benzene rings is 1. The monoisotopic (exact) mass is 376 g/mol. The van der Waals surface area contributed by atoms with Crippen molar-refractivity contribution in [3.05, 3.63) is 66.8 Å². The molecule has 0 saturated heterocycles. The second kappa shape index (κ2) is 6.19. The number of halogens is 6. The largest absolute Gasteiger partial charge is 0.416 e. The fraction of sp³-hybridized carbons (Fsp3) is 0.250. The molecule has 3 rings (SSSR count). The maximum atomic E-state index is 13.0. The van der Waals surface area contributed by atoms with E-state index in [1.54, 1.807) is 38.6 Å². The predicted molar refractivity (Wildman–Crippen MR) is 77.0 cm³/mol. The first kappa shape index (κ1) is 18.0. The van der Waals surface area contributed by atoms with Crippen molar-refractivity contribution in [1.82, 2.24) is 9.13 Å². The van der Waals surface area contributed by atoms with Gasteiger partial charge in [0.1, 0.15) is 30.5 Å². The number of aromatic nitrogens is 4. The SMILES string of the molecule is C[n+]1ccn(C[n+]2ccn(-c3cc(C(F)(F)F)cc(C(F)(F)F)c3)c2)c1. The molecule has 2 heterocycles. The number of hydrogen-bond donors (Lipinski definition) is 0. The minimum absolute atomic E-state index is 0.112. The van der Waals surface area contributed by atoms with E-state index in [1.165, 1.54) is 17.1 Å². The van der Waals surface area contributed by atoms with Crippen molar-refractivity contribution in [2.75, 3.05) is 0 Å². The smallest absolute Gasteiger partial charge is 0.239 e. The molecule has 138 valence electrons. The van der Waals surface area contributed by atoms with Gasteiger partial charge in [0.2, 0.25) is 13.0 Å². The molecule has 0 fully saturated rings. The van der Waals surface area contributed by atoms with Crippen LogP contribution in [0, 0.1) is 0 Å². The third-order valence-electron chi connectivity index (χ3n) is 3.71. The van der Waals surface area contributed by atoms with Gasteiger partial charge in [0.05, 0.1) is 18.2 Å². The maximum Gasteiger partial charge on any atom is 0.416 e. The quantitative estimate of drug-likeness (QED) is 0.494. The second-order valence-electron chi connectivity index (χ2n) is 5.83. The summed E-state index contributed by atoms with van der Waals surface area (Å²) in [6.45, 7) is 0.360. The van der Waals surface area contributed by atoms with Crippen LogP contribution in [0.5, 0.6) is 0 Å². The van der Waals surface area contributed by atoms with Crippen molar-refractivity contribution in [3.8, 4) is 5.69 Å². The van der Waals surface area contributed by atoms with Crippen LogP contribution in [0.4, 0.5) is 26.3 Å². The highest BCUT2D eigenvalue weighted by Gasteiger charge is 2.37. The average Bonchev–Trinajstić information content (AvgIpc) is 3.15. The molecule has 10 heteroatoms. The highest BCUT2D eigenvalue weighted by Crippen LogP contribution is 2.36. The van der Waals surface area contributed by atoms with Crippen LogP contribution < -0.4 is 9.13 Å². The number of hydrogen-bond acceptors (Lipinski definition) is 0. The van der Waals surface area contributed by atoms with E-state index >= 15 is 0 Å². The fourth-order valence-electron chi connectivity index (χ4n) is 2.49. The van der Waals surface area contributed by atoms with Gasteiger partial charge in [-0.3, -0.25) is 0 Å². The molecule has 0 aliphatic heterocycles. The van der Waals surface area contributed by atoms with Gasteiger partial charge in [0.15, 0.2) is 0 Å². The summed E-state index contributed by atoms with van der Waals surface area (Å²) < 4.78 is 84.2. The molecule has 0 amide bonds. The lowest BCUT2D eigenvalue weighted by molar-refractivity contribution is -0.706. The molecule has 0 aliphatic carbocycles. The normalized spacial score (nSPS) is 12.6. The molecular formula is C16H14F6N4+2. The molecule has 0 radical (unpaired) electrons. The molecule has 4 nitrogen and oxygen atoms in total. The summed E-state index contributed by atoms with van der Waals surface area (Å²) in [4.78, 5) is 0. The number of alkyl halides is 6. The molecule has 0 bridgehead atoms. The van der Waals surface area contributed by atoms with E-state index in [9.17, 15) is 26.3 Å². The molecule has 0 saturated carbocycles. The average molecular weight is 376 g/mol. The molecule has 0 aliphatic rings. The van der Waals surface area contributed by atoms with Crippen LogP contribution in [0.25, 0.3) is 5.69 Å². The van der Waals surface area contributed by atoms with Gasteiger partial charge < -0.3 is 0 Å². The van der Waals surface area contributed by atoms with E-state index in [0.717, 1.165) is 0 Å². The van der Waals surface area contributed by atoms with E-state index in [1.807, 2.05) is 7.05 Å². The minimum atomic E-state index is -4.88. The maximum absolute atomic E-state index is 13.0. The van der Waals surface area contributed by atoms with Gasteiger partial charge in [-0.05, 0) is 18.2 Å². The van der Waals surface area contributed by atoms with Crippen molar-refractivity contribution in [1.29, 1.82) is 0 Å². The molecule has 0 atom stereocenters. The van der Waals surface area contributed by atoms with Crippen LogP contribution >= 0.6 is 0 Å². The Kier molecular flexibility index (Phi) is 4.29. The van der Waals surface area contributed by atoms with E-state index < -0.39 is 23.5 Å². The number of aryl methyl sites for hydroxylation is 1. The Morgan fingerprint density at radius 2 is 1.46 bits per heavy atom. The minimum Gasteiger partial charge on any atom is -0.239 e. The summed E-state index contributed by atoms with van der Waals surface area (Å²) in [5, 5.41) is 0. The highest BCUT2D eigenvalue weighted by atomic mass is 19.4. The Morgan fingerprint density at radius 3 is 1.96 bits per heavy atom. The molecular weight excluding hydrogens is 362 g/mol. The zero-order valence-electron chi connectivity index (χ0n) is 13.5. The number of rotatable bonds is 3. The highest BCUT2D eigenvalue weighted by molar-refractivity contribution is 5.42. The Morgan fingerprint density at radius 1 is 0.846 bits per heavy atom. The van der Waals surface area contributed by atoms with Crippen LogP contribution in [0.2, 0.25) is 0 Å². The van der Waals surface area contributed by atoms with Gasteiger partial charge in [0.25, 0.3) is 6.33 Å². The van der Waals surface area contributed by atoms with Gasteiger partial charge in [-0.2, -0.15) is 35.5 Å². The summed E-state index contributed by atoms with van der Waals surface area (Å²) in [5.41, 5.74) is -2.91. The van der Waals surface area contributed by atoms with Crippen LogP contribution in [0.1, 0.15) is 11.1 Å². The predicted octanol–water partition coefficient (Wildman–Crippen LogP) is 2.93. The lowest BCUT2D eigenvalue weighted by Gasteiger charge is -2.12. The van der Waals surface area contributed by atoms with Crippen molar-refractivity contribution in [3.63, 3.8) is 0 Å². The van der Waals surface area contributed by atoms with Gasteiger partial charge in [-0.15, -0.1) is 0 Å². The summed E-state index contributed by atoms with van der Waals surface area (Å²) >= 11 is 0. The first-order chi connectivity index (χ1) is 12.0. The molecule has 26 heavy (non-hydrogen) atoms. The Balaban J connectivity index is 1.98. The first-order valence-electron chi connectivity index (χ1n) is 7.40. The molecule has 2 aromatic heterocycles. The molecule has 3 aromatic rings. The number of nitrogens with zero attached hydrogens (tertiary/aromatic N) is 4. The van der Waals surface area contributed by atoms with Gasteiger partial charge in [-0.1, -0.05) is 0 Å². The number of imidazole rings is 2. The summed E-state index contributed by atoms with van der Waals surface area (Å²) in [6.07, 6.45) is 0.0209.